The minimum absolute atomic E-state index is 0.194. The summed E-state index contributed by atoms with van der Waals surface area (Å²) in [4.78, 5) is 23.7. The molecule has 0 bridgehead atoms. The predicted molar refractivity (Wildman–Crippen MR) is 67.7 cm³/mol. The van der Waals surface area contributed by atoms with Crippen LogP contribution in [0.3, 0.4) is 0 Å². The Morgan fingerprint density at radius 2 is 2.00 bits per heavy atom. The van der Waals surface area contributed by atoms with Crippen LogP contribution in [-0.4, -0.2) is 47.8 Å². The average molecular weight is 308 g/mol. The van der Waals surface area contributed by atoms with Crippen LogP contribution in [0.1, 0.15) is 32.1 Å². The van der Waals surface area contributed by atoms with Crippen molar-refractivity contribution < 1.29 is 27.9 Å². The smallest absolute Gasteiger partial charge is 0.406 e. The highest BCUT2D eigenvalue weighted by atomic mass is 19.4. The average Bonchev–Trinajstić information content (AvgIpc) is 3.07. The molecular weight excluding hydrogens is 289 g/mol. The van der Waals surface area contributed by atoms with E-state index < -0.39 is 36.6 Å². The van der Waals surface area contributed by atoms with Crippen molar-refractivity contribution in [1.82, 2.24) is 10.2 Å². The molecule has 1 aliphatic carbocycles. The van der Waals surface area contributed by atoms with E-state index in [2.05, 4.69) is 5.32 Å². The monoisotopic (exact) mass is 308 g/mol. The summed E-state index contributed by atoms with van der Waals surface area (Å²) in [5.74, 6) is -1.18. The number of amides is 2. The van der Waals surface area contributed by atoms with E-state index in [1.54, 1.807) is 0 Å². The molecule has 0 aromatic heterocycles. The molecule has 5 nitrogen and oxygen atoms in total. The number of alkyl halides is 3. The number of halogens is 3. The fraction of sp³-hybridized carbons (Fsp3) is 0.846. The molecule has 8 heteroatoms. The largest absolute Gasteiger partial charge is 0.481 e. The third-order valence-corrected chi connectivity index (χ3v) is 4.27. The Morgan fingerprint density at radius 3 is 2.48 bits per heavy atom. The van der Waals surface area contributed by atoms with Crippen LogP contribution < -0.4 is 5.32 Å². The summed E-state index contributed by atoms with van der Waals surface area (Å²) in [6.45, 7) is -0.599. The molecule has 2 fully saturated rings. The highest BCUT2D eigenvalue weighted by molar-refractivity contribution is 5.80. The number of carbonyl (C=O) groups excluding carboxylic acids is 1. The maximum Gasteiger partial charge on any atom is 0.406 e. The molecule has 1 saturated carbocycles. The van der Waals surface area contributed by atoms with Crippen LogP contribution in [0.4, 0.5) is 18.0 Å². The Hall–Kier alpha value is -1.47. The topological polar surface area (TPSA) is 69.6 Å². The molecule has 0 radical (unpaired) electrons. The molecule has 2 aliphatic rings. The molecule has 0 aromatic rings. The third kappa shape index (κ3) is 3.41. The Morgan fingerprint density at radius 1 is 1.33 bits per heavy atom. The zero-order chi connectivity index (χ0) is 15.7. The van der Waals surface area contributed by atoms with Gasteiger partial charge < -0.3 is 15.3 Å². The number of nitrogens with one attached hydrogen (secondary N) is 1. The molecule has 0 aromatic carbocycles. The van der Waals surface area contributed by atoms with E-state index >= 15 is 0 Å². The fourth-order valence-corrected chi connectivity index (χ4v) is 2.61. The van der Waals surface area contributed by atoms with Crippen LogP contribution in [0.15, 0.2) is 0 Å². The van der Waals surface area contributed by atoms with Gasteiger partial charge in [-0.25, -0.2) is 4.79 Å². The quantitative estimate of drug-likeness (QED) is 0.765. The number of likely N-dealkylation sites (tertiary alicyclic amines) is 1. The summed E-state index contributed by atoms with van der Waals surface area (Å²) >= 11 is 0. The summed E-state index contributed by atoms with van der Waals surface area (Å²) in [6.07, 6.45) is -1.21. The minimum atomic E-state index is -4.86. The van der Waals surface area contributed by atoms with Gasteiger partial charge in [0.15, 0.2) is 5.41 Å². The third-order valence-electron chi connectivity index (χ3n) is 4.27. The van der Waals surface area contributed by atoms with Crippen molar-refractivity contribution >= 4 is 12.0 Å². The lowest BCUT2D eigenvalue weighted by Gasteiger charge is -2.27. The number of hydrogen-bond donors (Lipinski definition) is 2. The van der Waals surface area contributed by atoms with Crippen LogP contribution in [0.2, 0.25) is 0 Å². The molecule has 1 unspecified atom stereocenters. The summed E-state index contributed by atoms with van der Waals surface area (Å²) < 4.78 is 38.9. The first kappa shape index (κ1) is 15.9. The van der Waals surface area contributed by atoms with Gasteiger partial charge in [-0.15, -0.1) is 0 Å². The van der Waals surface area contributed by atoms with E-state index in [-0.39, 0.29) is 6.54 Å². The molecule has 21 heavy (non-hydrogen) atoms. The van der Waals surface area contributed by atoms with Crippen molar-refractivity contribution in [2.45, 2.75) is 38.3 Å². The van der Waals surface area contributed by atoms with Crippen molar-refractivity contribution in [3.63, 3.8) is 0 Å². The van der Waals surface area contributed by atoms with Gasteiger partial charge in [0.2, 0.25) is 0 Å². The first-order chi connectivity index (χ1) is 9.76. The number of aliphatic carboxylic acids is 1. The van der Waals surface area contributed by atoms with Gasteiger partial charge in [0.05, 0.1) is 0 Å². The predicted octanol–water partition coefficient (Wildman–Crippen LogP) is 2.23. The molecule has 2 rings (SSSR count). The van der Waals surface area contributed by atoms with E-state index in [4.69, 9.17) is 5.11 Å². The summed E-state index contributed by atoms with van der Waals surface area (Å²) in [5, 5.41) is 11.5. The number of rotatable bonds is 5. The molecule has 1 saturated heterocycles. The number of urea groups is 1. The normalized spacial score (nSPS) is 26.0. The molecule has 120 valence electrons. The van der Waals surface area contributed by atoms with Gasteiger partial charge in [-0.3, -0.25) is 4.79 Å². The fourth-order valence-electron chi connectivity index (χ4n) is 2.61. The van der Waals surface area contributed by atoms with Gasteiger partial charge in [-0.1, -0.05) is 12.8 Å². The number of carboxylic acid groups (broad SMARTS) is 1. The first-order valence-corrected chi connectivity index (χ1v) is 7.09. The van der Waals surface area contributed by atoms with Crippen LogP contribution in [0, 0.1) is 11.3 Å². The van der Waals surface area contributed by atoms with E-state index in [9.17, 15) is 22.8 Å². The van der Waals surface area contributed by atoms with Crippen LogP contribution in [0.5, 0.6) is 0 Å². The Labute approximate surface area is 120 Å². The molecule has 2 N–H and O–H groups in total. The molecular formula is C13H19F3N2O3. The number of nitrogens with zero attached hydrogens (tertiary/aromatic N) is 1. The van der Waals surface area contributed by atoms with Gasteiger partial charge in [0, 0.05) is 19.6 Å². The second-order valence-corrected chi connectivity index (χ2v) is 5.87. The van der Waals surface area contributed by atoms with E-state index in [0.29, 0.717) is 6.54 Å². The van der Waals surface area contributed by atoms with Crippen molar-refractivity contribution in [2.24, 2.45) is 11.3 Å². The van der Waals surface area contributed by atoms with Gasteiger partial charge in [0.25, 0.3) is 0 Å². The van der Waals surface area contributed by atoms with E-state index in [1.165, 1.54) is 12.8 Å². The van der Waals surface area contributed by atoms with Crippen molar-refractivity contribution in [1.29, 1.82) is 0 Å². The molecule has 1 aliphatic heterocycles. The van der Waals surface area contributed by atoms with Crippen molar-refractivity contribution in [3.05, 3.63) is 0 Å². The first-order valence-electron chi connectivity index (χ1n) is 7.09. The Balaban J connectivity index is 1.84. The zero-order valence-corrected chi connectivity index (χ0v) is 11.6. The molecule has 1 heterocycles. The van der Waals surface area contributed by atoms with Crippen LogP contribution >= 0.6 is 0 Å². The van der Waals surface area contributed by atoms with Crippen molar-refractivity contribution in [2.75, 3.05) is 19.6 Å². The van der Waals surface area contributed by atoms with E-state index in [0.717, 1.165) is 23.7 Å². The van der Waals surface area contributed by atoms with Gasteiger partial charge in [-0.2, -0.15) is 13.2 Å². The summed E-state index contributed by atoms with van der Waals surface area (Å²) in [5.41, 5.74) is -2.83. The van der Waals surface area contributed by atoms with Crippen LogP contribution in [0.25, 0.3) is 0 Å². The minimum Gasteiger partial charge on any atom is -0.481 e. The van der Waals surface area contributed by atoms with Gasteiger partial charge in [0.1, 0.15) is 0 Å². The standard InChI is InChI=1S/C13H19F3N2O3/c14-13(15,16)12(10(19)20)5-7-18(8-12)11(21)17-6-1-2-9-3-4-9/h9H,1-8H2,(H,17,21)(H,19,20). The number of carbonyl (C=O) groups is 2. The summed E-state index contributed by atoms with van der Waals surface area (Å²) in [7, 11) is 0. The van der Waals surface area contributed by atoms with Gasteiger partial charge in [-0.05, 0) is 25.2 Å². The lowest BCUT2D eigenvalue weighted by Crippen LogP contribution is -2.49. The lowest BCUT2D eigenvalue weighted by molar-refractivity contribution is -0.226. The van der Waals surface area contributed by atoms with E-state index in [1.807, 2.05) is 0 Å². The molecule has 0 spiro atoms. The SMILES string of the molecule is O=C(NCCCC1CC1)N1CCC(C(=O)O)(C(F)(F)F)C1. The Kier molecular flexibility index (Phi) is 4.34. The molecule has 2 amide bonds. The lowest BCUT2D eigenvalue weighted by atomic mass is 9.86. The second-order valence-electron chi connectivity index (χ2n) is 5.87. The number of hydrogen-bond acceptors (Lipinski definition) is 2. The molecule has 1 atom stereocenters. The number of carboxylic acids is 1. The van der Waals surface area contributed by atoms with Gasteiger partial charge >= 0.3 is 18.2 Å². The maximum absolute atomic E-state index is 13.0. The highest BCUT2D eigenvalue weighted by Gasteiger charge is 2.64. The van der Waals surface area contributed by atoms with Crippen LogP contribution in [-0.2, 0) is 4.79 Å². The zero-order valence-electron chi connectivity index (χ0n) is 11.6. The summed E-state index contributed by atoms with van der Waals surface area (Å²) in [6, 6.07) is -0.613. The van der Waals surface area contributed by atoms with Crippen molar-refractivity contribution in [3.8, 4) is 0 Å². The Bertz CT molecular complexity index is 423. The second kappa shape index (κ2) is 5.73. The maximum atomic E-state index is 13.0. The highest BCUT2D eigenvalue weighted by Crippen LogP contribution is 2.45.